The highest BCUT2D eigenvalue weighted by atomic mass is 32.2. The molecule has 4 heteroatoms. The van der Waals surface area contributed by atoms with Gasteiger partial charge in [-0.2, -0.15) is 8.42 Å². The van der Waals surface area contributed by atoms with Crippen LogP contribution in [0.3, 0.4) is 0 Å². The number of aryl methyl sites for hydroxylation is 2. The first-order chi connectivity index (χ1) is 10.6. The molecule has 0 aromatic heterocycles. The molecule has 0 spiro atoms. The van der Waals surface area contributed by atoms with Crippen LogP contribution in [-0.2, 0) is 23.8 Å². The van der Waals surface area contributed by atoms with E-state index in [1.165, 1.54) is 36.8 Å². The normalized spacial score (nSPS) is 11.2. The number of rotatable bonds is 8. The summed E-state index contributed by atoms with van der Waals surface area (Å²) in [6.07, 6.45) is 6.91. The molecule has 0 amide bonds. The quantitative estimate of drug-likeness (QED) is 0.732. The van der Waals surface area contributed by atoms with Gasteiger partial charge in [0, 0.05) is 0 Å². The Morgan fingerprint density at radius 1 is 0.864 bits per heavy atom. The van der Waals surface area contributed by atoms with Gasteiger partial charge in [0.15, 0.2) is 0 Å². The van der Waals surface area contributed by atoms with E-state index in [0.29, 0.717) is 5.75 Å². The number of thiol groups is 1. The Balaban J connectivity index is 2.41. The Morgan fingerprint density at radius 2 is 1.45 bits per heavy atom. The van der Waals surface area contributed by atoms with Crippen LogP contribution in [0.15, 0.2) is 30.3 Å². The van der Waals surface area contributed by atoms with Crippen molar-refractivity contribution in [3.8, 4) is 5.75 Å². The van der Waals surface area contributed by atoms with Gasteiger partial charge in [-0.15, -0.1) is 0 Å². The van der Waals surface area contributed by atoms with Gasteiger partial charge in [0.1, 0.15) is 5.75 Å². The highest BCUT2D eigenvalue weighted by molar-refractivity contribution is 7.67. The van der Waals surface area contributed by atoms with Gasteiger partial charge >= 0.3 is 0 Å². The molecule has 0 aliphatic carbocycles. The second-order valence-electron chi connectivity index (χ2n) is 5.65. The summed E-state index contributed by atoms with van der Waals surface area (Å²) in [6, 6.07) is 9.89. The first-order valence-electron chi connectivity index (χ1n) is 8.02. The summed E-state index contributed by atoms with van der Waals surface area (Å²) < 4.78 is 26.2. The molecule has 22 heavy (non-hydrogen) atoms. The molecule has 0 fully saturated rings. The van der Waals surface area contributed by atoms with E-state index in [0.717, 1.165) is 23.6 Å². The SMILES string of the molecule is CCCCc1cc2ccc(O[SH](=O)=O)cc2cc1CCCC. The predicted molar refractivity (Wildman–Crippen MR) is 92.1 cm³/mol. The van der Waals surface area contributed by atoms with Crippen LogP contribution in [0, 0.1) is 0 Å². The molecule has 0 N–H and O–H groups in total. The third-order valence-electron chi connectivity index (χ3n) is 3.91. The fraction of sp³-hybridized carbons (Fsp3) is 0.444. The highest BCUT2D eigenvalue weighted by Crippen LogP contribution is 2.26. The van der Waals surface area contributed by atoms with E-state index in [-0.39, 0.29) is 0 Å². The number of benzene rings is 2. The van der Waals surface area contributed by atoms with Crippen LogP contribution in [0.25, 0.3) is 10.8 Å². The molecule has 0 aliphatic heterocycles. The molecule has 0 saturated carbocycles. The summed E-state index contributed by atoms with van der Waals surface area (Å²) in [5.74, 6) is 0.381. The topological polar surface area (TPSA) is 43.4 Å². The monoisotopic (exact) mass is 320 g/mol. The fourth-order valence-corrected chi connectivity index (χ4v) is 3.00. The molecule has 0 atom stereocenters. The average Bonchev–Trinajstić information content (AvgIpc) is 2.49. The average molecular weight is 320 g/mol. The van der Waals surface area contributed by atoms with Gasteiger partial charge in [-0.1, -0.05) is 44.9 Å². The Kier molecular flexibility index (Phi) is 6.25. The molecule has 0 radical (unpaired) electrons. The van der Waals surface area contributed by atoms with E-state index in [4.69, 9.17) is 4.18 Å². The van der Waals surface area contributed by atoms with Gasteiger partial charge in [0.05, 0.1) is 0 Å². The molecule has 0 saturated heterocycles. The second kappa shape index (κ2) is 8.18. The maximum absolute atomic E-state index is 10.7. The summed E-state index contributed by atoms with van der Waals surface area (Å²) in [5.41, 5.74) is 2.80. The standard InChI is InChI=1S/C18H24O3S/c1-3-5-7-14-11-16-9-10-18(21-22(19)20)13-17(16)12-15(14)8-6-4-2/h9-13,22H,3-8H2,1-2H3. The van der Waals surface area contributed by atoms with Crippen molar-refractivity contribution in [3.63, 3.8) is 0 Å². The van der Waals surface area contributed by atoms with Crippen LogP contribution < -0.4 is 4.18 Å². The van der Waals surface area contributed by atoms with Crippen molar-refractivity contribution in [2.45, 2.75) is 52.4 Å². The molecule has 3 nitrogen and oxygen atoms in total. The first-order valence-corrected chi connectivity index (χ1v) is 9.11. The van der Waals surface area contributed by atoms with Crippen molar-refractivity contribution >= 4 is 21.8 Å². The fourth-order valence-electron chi connectivity index (χ4n) is 2.71. The van der Waals surface area contributed by atoms with Crippen molar-refractivity contribution in [3.05, 3.63) is 41.5 Å². The van der Waals surface area contributed by atoms with Crippen LogP contribution >= 0.6 is 0 Å². The maximum Gasteiger partial charge on any atom is 0.299 e. The van der Waals surface area contributed by atoms with Crippen molar-refractivity contribution < 1.29 is 12.6 Å². The lowest BCUT2D eigenvalue weighted by Gasteiger charge is -2.12. The lowest BCUT2D eigenvalue weighted by molar-refractivity contribution is 0.511. The van der Waals surface area contributed by atoms with Gasteiger partial charge in [-0.25, -0.2) is 0 Å². The summed E-state index contributed by atoms with van der Waals surface area (Å²) in [6.45, 7) is 4.41. The molecule has 0 bridgehead atoms. The van der Waals surface area contributed by atoms with Crippen LogP contribution in [0.4, 0.5) is 0 Å². The lowest BCUT2D eigenvalue weighted by atomic mass is 9.94. The zero-order valence-corrected chi connectivity index (χ0v) is 14.2. The molecule has 2 aromatic rings. The van der Waals surface area contributed by atoms with Gasteiger partial charge in [-0.3, -0.25) is 0 Å². The van der Waals surface area contributed by atoms with E-state index in [2.05, 4.69) is 26.0 Å². The molecule has 0 aliphatic rings. The third-order valence-corrected chi connectivity index (χ3v) is 4.27. The smallest absolute Gasteiger partial charge is 0.299 e. The largest absolute Gasteiger partial charge is 0.384 e. The van der Waals surface area contributed by atoms with Crippen LogP contribution in [0.2, 0.25) is 0 Å². The minimum Gasteiger partial charge on any atom is -0.384 e. The van der Waals surface area contributed by atoms with Crippen LogP contribution in [0.5, 0.6) is 5.75 Å². The first kappa shape index (κ1) is 16.8. The summed E-state index contributed by atoms with van der Waals surface area (Å²) >= 11 is 0. The Morgan fingerprint density at radius 3 is 2.00 bits per heavy atom. The zero-order valence-electron chi connectivity index (χ0n) is 13.3. The molecule has 2 rings (SSSR count). The number of hydrogen-bond acceptors (Lipinski definition) is 3. The summed E-state index contributed by atoms with van der Waals surface area (Å²) in [4.78, 5) is 0. The van der Waals surface area contributed by atoms with Gasteiger partial charge in [0.2, 0.25) is 0 Å². The van der Waals surface area contributed by atoms with Crippen molar-refractivity contribution in [1.29, 1.82) is 0 Å². The lowest BCUT2D eigenvalue weighted by Crippen LogP contribution is -1.96. The Labute approximate surface area is 134 Å². The van der Waals surface area contributed by atoms with Crippen molar-refractivity contribution in [2.24, 2.45) is 0 Å². The summed E-state index contributed by atoms with van der Waals surface area (Å²) in [7, 11) is -2.86. The number of unbranched alkanes of at least 4 members (excludes halogenated alkanes) is 2. The predicted octanol–water partition coefficient (Wildman–Crippen LogP) is 4.43. The summed E-state index contributed by atoms with van der Waals surface area (Å²) in [5, 5.41) is 2.18. The number of fused-ring (bicyclic) bond motifs is 1. The van der Waals surface area contributed by atoms with Gasteiger partial charge < -0.3 is 4.18 Å². The van der Waals surface area contributed by atoms with E-state index in [9.17, 15) is 8.42 Å². The Hall–Kier alpha value is -1.55. The number of hydrogen-bond donors (Lipinski definition) is 1. The van der Waals surface area contributed by atoms with Crippen molar-refractivity contribution in [1.82, 2.24) is 0 Å². The van der Waals surface area contributed by atoms with Crippen molar-refractivity contribution in [2.75, 3.05) is 0 Å². The van der Waals surface area contributed by atoms with Crippen LogP contribution in [-0.4, -0.2) is 8.42 Å². The van der Waals surface area contributed by atoms with E-state index in [1.807, 2.05) is 6.07 Å². The molecule has 2 aromatic carbocycles. The second-order valence-corrected chi connectivity index (χ2v) is 6.28. The highest BCUT2D eigenvalue weighted by Gasteiger charge is 2.07. The van der Waals surface area contributed by atoms with Gasteiger partial charge in [0.25, 0.3) is 11.0 Å². The minimum absolute atomic E-state index is 0.381. The minimum atomic E-state index is -2.86. The zero-order chi connectivity index (χ0) is 15.9. The van der Waals surface area contributed by atoms with E-state index in [1.54, 1.807) is 12.1 Å². The molecule has 120 valence electrons. The molecule has 0 heterocycles. The third kappa shape index (κ3) is 4.47. The van der Waals surface area contributed by atoms with E-state index < -0.39 is 11.0 Å². The molecular weight excluding hydrogens is 296 g/mol. The Bertz CT molecular complexity index is 697. The molecule has 0 unspecified atom stereocenters. The maximum atomic E-state index is 10.7. The van der Waals surface area contributed by atoms with Gasteiger partial charge in [-0.05, 0) is 59.7 Å². The van der Waals surface area contributed by atoms with Crippen LogP contribution in [0.1, 0.15) is 50.7 Å². The molecular formula is C18H24O3S. The van der Waals surface area contributed by atoms with E-state index >= 15 is 0 Å².